The van der Waals surface area contributed by atoms with Crippen LogP contribution in [0.4, 0.5) is 5.00 Å². The van der Waals surface area contributed by atoms with Crippen molar-refractivity contribution in [2.24, 2.45) is 5.73 Å². The third-order valence-corrected chi connectivity index (χ3v) is 6.39. The molecule has 0 radical (unpaired) electrons. The third-order valence-electron chi connectivity index (χ3n) is 3.94. The number of carbonyl (C=O) groups is 2. The number of nitrogens with two attached hydrogens (primary N) is 1. The highest BCUT2D eigenvalue weighted by Crippen LogP contribution is 2.38. The summed E-state index contributed by atoms with van der Waals surface area (Å²) in [5, 5.41) is 3.31. The number of para-hydroxylation sites is 1. The van der Waals surface area contributed by atoms with Crippen molar-refractivity contribution >= 4 is 60.0 Å². The normalized spacial score (nSPS) is 13.2. The van der Waals surface area contributed by atoms with Crippen molar-refractivity contribution in [2.45, 2.75) is 25.7 Å². The average Bonchev–Trinajstić information content (AvgIpc) is 2.92. The number of hydrogen-bond acceptors (Lipinski definition) is 4. The number of hydrogen-bond donors (Lipinski definition) is 2. The lowest BCUT2D eigenvalue weighted by atomic mass is 9.95. The number of primary amides is 1. The van der Waals surface area contributed by atoms with Gasteiger partial charge in [0, 0.05) is 4.88 Å². The highest BCUT2D eigenvalue weighted by Gasteiger charge is 2.25. The minimum atomic E-state index is -0.496. The van der Waals surface area contributed by atoms with E-state index in [1.165, 1.54) is 11.3 Å². The van der Waals surface area contributed by atoms with Crippen molar-refractivity contribution in [3.05, 3.63) is 43.1 Å². The second-order valence-electron chi connectivity index (χ2n) is 5.67. The predicted octanol–water partition coefficient (Wildman–Crippen LogP) is 4.27. The Kier molecular flexibility index (Phi) is 5.81. The van der Waals surface area contributed by atoms with E-state index in [1.807, 2.05) is 18.2 Å². The molecule has 2 amide bonds. The summed E-state index contributed by atoms with van der Waals surface area (Å²) in [5.41, 5.74) is 6.98. The largest absolute Gasteiger partial charge is 0.481 e. The summed E-state index contributed by atoms with van der Waals surface area (Å²) >= 11 is 8.21. The minimum Gasteiger partial charge on any atom is -0.481 e. The van der Waals surface area contributed by atoms with E-state index >= 15 is 0 Å². The van der Waals surface area contributed by atoms with Gasteiger partial charge in [-0.25, -0.2) is 0 Å². The maximum absolute atomic E-state index is 12.3. The van der Waals surface area contributed by atoms with Crippen molar-refractivity contribution in [3.8, 4) is 5.75 Å². The molecule has 0 bridgehead atoms. The molecule has 0 atom stereocenters. The van der Waals surface area contributed by atoms with Gasteiger partial charge >= 0.3 is 0 Å². The molecule has 25 heavy (non-hydrogen) atoms. The molecule has 1 aliphatic carbocycles. The fraction of sp³-hybridized carbons (Fsp3) is 0.294. The average molecular weight is 488 g/mol. The molecule has 0 unspecified atom stereocenters. The predicted molar refractivity (Wildman–Crippen MR) is 105 cm³/mol. The number of nitrogens with one attached hydrogen (secondary N) is 1. The van der Waals surface area contributed by atoms with Crippen LogP contribution >= 0.6 is 43.2 Å². The zero-order valence-electron chi connectivity index (χ0n) is 13.2. The van der Waals surface area contributed by atoms with Crippen LogP contribution in [0.1, 0.15) is 33.6 Å². The summed E-state index contributed by atoms with van der Waals surface area (Å²) in [6.45, 7) is -0.165. The lowest BCUT2D eigenvalue weighted by molar-refractivity contribution is -0.118. The maximum Gasteiger partial charge on any atom is 0.262 e. The van der Waals surface area contributed by atoms with Crippen LogP contribution in [0.2, 0.25) is 0 Å². The Morgan fingerprint density at radius 3 is 2.56 bits per heavy atom. The number of anilines is 1. The molecule has 5 nitrogen and oxygen atoms in total. The van der Waals surface area contributed by atoms with Crippen LogP contribution in [0.25, 0.3) is 0 Å². The summed E-state index contributed by atoms with van der Waals surface area (Å²) in [4.78, 5) is 25.3. The molecule has 3 N–H and O–H groups in total. The lowest BCUT2D eigenvalue weighted by Crippen LogP contribution is -2.22. The molecule has 1 aliphatic rings. The molecule has 2 aromatic rings. The van der Waals surface area contributed by atoms with Crippen LogP contribution in [0.5, 0.6) is 5.75 Å². The van der Waals surface area contributed by atoms with Crippen molar-refractivity contribution in [3.63, 3.8) is 0 Å². The van der Waals surface area contributed by atoms with Gasteiger partial charge in [-0.1, -0.05) is 6.07 Å². The number of benzene rings is 1. The van der Waals surface area contributed by atoms with Gasteiger partial charge < -0.3 is 15.8 Å². The molecule has 1 aromatic heterocycles. The Morgan fingerprint density at radius 1 is 1.20 bits per heavy atom. The van der Waals surface area contributed by atoms with Gasteiger partial charge in [-0.2, -0.15) is 0 Å². The summed E-state index contributed by atoms with van der Waals surface area (Å²) in [7, 11) is 0. The Morgan fingerprint density at radius 2 is 1.88 bits per heavy atom. The number of thiophene rings is 1. The minimum absolute atomic E-state index is 0.165. The first-order chi connectivity index (χ1) is 12.0. The quantitative estimate of drug-likeness (QED) is 0.660. The van der Waals surface area contributed by atoms with Crippen LogP contribution < -0.4 is 15.8 Å². The van der Waals surface area contributed by atoms with Crippen LogP contribution in [0.3, 0.4) is 0 Å². The molecule has 3 rings (SSSR count). The first-order valence-electron chi connectivity index (χ1n) is 7.78. The number of aryl methyl sites for hydroxylation is 1. The number of amides is 2. The lowest BCUT2D eigenvalue weighted by Gasteiger charge is -2.11. The Hall–Kier alpha value is -1.38. The topological polar surface area (TPSA) is 81.4 Å². The smallest absolute Gasteiger partial charge is 0.262 e. The highest BCUT2D eigenvalue weighted by molar-refractivity contribution is 9.11. The molecule has 0 aliphatic heterocycles. The SMILES string of the molecule is NC(=O)c1c(NC(=O)COc2c(Br)cccc2Br)sc2c1CCCC2. The molecule has 8 heteroatoms. The van der Waals surface area contributed by atoms with Gasteiger partial charge in [-0.3, -0.25) is 9.59 Å². The number of ether oxygens (including phenoxy) is 1. The van der Waals surface area contributed by atoms with Gasteiger partial charge in [0.25, 0.3) is 11.8 Å². The summed E-state index contributed by atoms with van der Waals surface area (Å²) < 4.78 is 7.08. The summed E-state index contributed by atoms with van der Waals surface area (Å²) in [5.74, 6) is -0.272. The van der Waals surface area contributed by atoms with Crippen LogP contribution in [0.15, 0.2) is 27.1 Å². The van der Waals surface area contributed by atoms with Crippen molar-refractivity contribution < 1.29 is 14.3 Å². The number of rotatable bonds is 5. The molecule has 132 valence electrons. The zero-order chi connectivity index (χ0) is 18.0. The van der Waals surface area contributed by atoms with E-state index in [-0.39, 0.29) is 12.5 Å². The monoisotopic (exact) mass is 486 g/mol. The summed E-state index contributed by atoms with van der Waals surface area (Å²) in [6.07, 6.45) is 3.89. The van der Waals surface area contributed by atoms with Gasteiger partial charge in [0.2, 0.25) is 0 Å². The number of fused-ring (bicyclic) bond motifs is 1. The number of halogens is 2. The first kappa shape index (κ1) is 18.4. The summed E-state index contributed by atoms with van der Waals surface area (Å²) in [6, 6.07) is 5.52. The van der Waals surface area contributed by atoms with E-state index in [0.29, 0.717) is 16.3 Å². The van der Waals surface area contributed by atoms with Crippen LogP contribution in [-0.2, 0) is 17.6 Å². The van der Waals surface area contributed by atoms with Crippen molar-refractivity contribution in [2.75, 3.05) is 11.9 Å². The van der Waals surface area contributed by atoms with Crippen LogP contribution in [-0.4, -0.2) is 18.4 Å². The highest BCUT2D eigenvalue weighted by atomic mass is 79.9. The maximum atomic E-state index is 12.3. The van der Waals surface area contributed by atoms with E-state index in [4.69, 9.17) is 10.5 Å². The molecule has 0 spiro atoms. The van der Waals surface area contributed by atoms with Crippen LogP contribution in [0, 0.1) is 0 Å². The van der Waals surface area contributed by atoms with Crippen molar-refractivity contribution in [1.29, 1.82) is 0 Å². The number of carbonyl (C=O) groups excluding carboxylic acids is 2. The second kappa shape index (κ2) is 7.88. The third kappa shape index (κ3) is 4.07. The molecular formula is C17H16Br2N2O3S. The van der Waals surface area contributed by atoms with E-state index in [1.54, 1.807) is 0 Å². The second-order valence-corrected chi connectivity index (χ2v) is 8.48. The Balaban J connectivity index is 1.73. The van der Waals surface area contributed by atoms with E-state index in [0.717, 1.165) is 45.1 Å². The molecule has 1 aromatic carbocycles. The molecule has 0 saturated heterocycles. The van der Waals surface area contributed by atoms with E-state index in [2.05, 4.69) is 37.2 Å². The van der Waals surface area contributed by atoms with E-state index < -0.39 is 5.91 Å². The first-order valence-corrected chi connectivity index (χ1v) is 10.2. The van der Waals surface area contributed by atoms with Gasteiger partial charge in [0.15, 0.2) is 6.61 Å². The standard InChI is InChI=1S/C17H16Br2N2O3S/c18-10-5-3-6-11(19)15(10)24-8-13(22)21-17-14(16(20)23)9-4-1-2-7-12(9)25-17/h3,5-6H,1-2,4,7-8H2,(H2,20,23)(H,21,22). The molecular weight excluding hydrogens is 472 g/mol. The van der Waals surface area contributed by atoms with Gasteiger partial charge in [-0.05, 0) is 75.2 Å². The van der Waals surface area contributed by atoms with E-state index in [9.17, 15) is 9.59 Å². The fourth-order valence-corrected chi connectivity index (χ4v) is 5.37. The zero-order valence-corrected chi connectivity index (χ0v) is 17.2. The Bertz CT molecular complexity index is 815. The van der Waals surface area contributed by atoms with Gasteiger partial charge in [0.1, 0.15) is 10.8 Å². The van der Waals surface area contributed by atoms with Gasteiger partial charge in [-0.15, -0.1) is 11.3 Å². The molecule has 1 heterocycles. The van der Waals surface area contributed by atoms with Crippen molar-refractivity contribution in [1.82, 2.24) is 0 Å². The van der Waals surface area contributed by atoms with Gasteiger partial charge in [0.05, 0.1) is 14.5 Å². The Labute approximate surface area is 166 Å². The fourth-order valence-electron chi connectivity index (χ4n) is 2.84. The molecule has 0 fully saturated rings. The molecule has 0 saturated carbocycles.